The number of aromatic nitrogens is 1. The minimum absolute atomic E-state index is 0.0649. The summed E-state index contributed by atoms with van der Waals surface area (Å²) < 4.78 is 67.5. The Labute approximate surface area is 278 Å². The first kappa shape index (κ1) is 34.1. The van der Waals surface area contributed by atoms with E-state index < -0.39 is 20.2 Å². The summed E-state index contributed by atoms with van der Waals surface area (Å²) in [4.78, 5) is 3.02. The topological polar surface area (TPSA) is 105 Å². The van der Waals surface area contributed by atoms with Crippen LogP contribution in [0.4, 0.5) is 5.69 Å². The van der Waals surface area contributed by atoms with Gasteiger partial charge in [0, 0.05) is 34.3 Å². The summed E-state index contributed by atoms with van der Waals surface area (Å²) in [6.45, 7) is 8.29. The van der Waals surface area contributed by atoms with Crippen LogP contribution in [0.15, 0.2) is 64.5 Å². The maximum atomic E-state index is 13.1. The van der Waals surface area contributed by atoms with Gasteiger partial charge in [-0.3, -0.25) is 4.55 Å². The van der Waals surface area contributed by atoms with Crippen LogP contribution in [0.3, 0.4) is 0 Å². The molecule has 0 atom stereocenters. The zero-order chi connectivity index (χ0) is 32.4. The number of rotatable bonds is 14. The first-order valence-corrected chi connectivity index (χ1v) is 20.1. The van der Waals surface area contributed by atoms with Crippen LogP contribution >= 0.6 is 34.7 Å². The first-order chi connectivity index (χ1) is 21.4. The van der Waals surface area contributed by atoms with Crippen LogP contribution in [0, 0.1) is 0 Å². The quantitative estimate of drug-likeness (QED) is 0.0666. The monoisotopic (exact) mass is 711 g/mol. The van der Waals surface area contributed by atoms with Gasteiger partial charge < -0.3 is 4.90 Å². The lowest BCUT2D eigenvalue weighted by Crippen LogP contribution is -2.49. The van der Waals surface area contributed by atoms with Crippen LogP contribution in [0.5, 0.6) is 0 Å². The van der Waals surface area contributed by atoms with E-state index in [4.69, 9.17) is 15.9 Å². The summed E-state index contributed by atoms with van der Waals surface area (Å²) in [5.41, 5.74) is 1.88. The van der Waals surface area contributed by atoms with E-state index >= 15 is 0 Å². The van der Waals surface area contributed by atoms with Gasteiger partial charge in [0.05, 0.1) is 28.3 Å². The number of benzene rings is 3. The van der Waals surface area contributed by atoms with Gasteiger partial charge in [-0.15, -0.1) is 0 Å². The fraction of sp³-hybridized carbons (Fsp3) is 0.387. The normalized spacial score (nSPS) is 15.0. The van der Waals surface area contributed by atoms with Crippen molar-refractivity contribution in [3.8, 4) is 0 Å². The van der Waals surface area contributed by atoms with Crippen molar-refractivity contribution in [3.63, 3.8) is 0 Å². The van der Waals surface area contributed by atoms with Gasteiger partial charge in [0.15, 0.2) is 6.54 Å². The van der Waals surface area contributed by atoms with Crippen molar-refractivity contribution in [1.29, 1.82) is 0 Å². The molecule has 4 aromatic rings. The minimum Gasteiger partial charge on any atom is -0.335 e. The van der Waals surface area contributed by atoms with Crippen LogP contribution < -0.4 is 9.47 Å². The number of thiazole rings is 1. The van der Waals surface area contributed by atoms with Crippen LogP contribution in [0.25, 0.3) is 27.1 Å². The second-order valence-electron chi connectivity index (χ2n) is 10.9. The van der Waals surface area contributed by atoms with Gasteiger partial charge in [-0.05, 0) is 56.8 Å². The smallest absolute Gasteiger partial charge is 0.314 e. The van der Waals surface area contributed by atoms with Crippen molar-refractivity contribution < 1.29 is 34.9 Å². The summed E-state index contributed by atoms with van der Waals surface area (Å²) in [6.07, 6.45) is 2.66. The Morgan fingerprint density at radius 3 is 2.42 bits per heavy atom. The Kier molecular flexibility index (Phi) is 10.5. The van der Waals surface area contributed by atoms with Gasteiger partial charge in [0.2, 0.25) is 5.52 Å². The Morgan fingerprint density at radius 1 is 0.978 bits per heavy atom. The van der Waals surface area contributed by atoms with Crippen molar-refractivity contribution in [1.82, 2.24) is 0 Å². The molecule has 1 N–H and O–H groups in total. The summed E-state index contributed by atoms with van der Waals surface area (Å²) in [5.74, 6) is -0.460. The predicted molar refractivity (Wildman–Crippen MR) is 185 cm³/mol. The fourth-order valence-corrected chi connectivity index (χ4v) is 10.1. The van der Waals surface area contributed by atoms with Gasteiger partial charge in [0.1, 0.15) is 24.3 Å². The molecule has 0 amide bonds. The maximum Gasteiger partial charge on any atom is 0.314 e. The lowest BCUT2D eigenvalue weighted by atomic mass is 10.1. The number of thioether (sulfide) groups is 1. The van der Waals surface area contributed by atoms with Gasteiger partial charge in [-0.1, -0.05) is 63.2 Å². The molecular weight excluding hydrogens is 674 g/mol. The molecule has 45 heavy (non-hydrogen) atoms. The molecule has 0 radical (unpaired) electrons. The second kappa shape index (κ2) is 13.9. The molecule has 1 aromatic heterocycles. The standard InChI is InChI=1S/C31H37ClN3O6S4/c1-4-35(5-2,6-3)41-45(39,40)20-10-18-33-26-15-13-23-11-7-8-12-25(23)31(26)43-30(33)22-29-34(17-9-19-44(36,37)38)27-21-24(32)14-16-28(27)42-29/h7-8,11-16,21-22H,4-6,9-10,17-20H2,1-3H3/q+1/p+1. The van der Waals surface area contributed by atoms with Crippen molar-refractivity contribution in [2.24, 2.45) is 0 Å². The molecule has 0 saturated carbocycles. The molecule has 0 fully saturated rings. The molecule has 3 aromatic carbocycles. The van der Waals surface area contributed by atoms with E-state index in [0.717, 1.165) is 41.6 Å². The predicted octanol–water partition coefficient (Wildman–Crippen LogP) is 6.71. The van der Waals surface area contributed by atoms with Crippen LogP contribution in [0.1, 0.15) is 38.6 Å². The van der Waals surface area contributed by atoms with Crippen LogP contribution in [0.2, 0.25) is 5.02 Å². The van der Waals surface area contributed by atoms with Gasteiger partial charge in [-0.25, -0.2) is 0 Å². The highest BCUT2D eigenvalue weighted by atomic mass is 35.5. The van der Waals surface area contributed by atoms with Crippen molar-refractivity contribution in [3.05, 3.63) is 69.7 Å². The first-order valence-electron chi connectivity index (χ1n) is 14.9. The fourth-order valence-electron chi connectivity index (χ4n) is 5.60. The number of anilines is 1. The van der Waals surface area contributed by atoms with E-state index in [1.807, 2.05) is 56.0 Å². The third-order valence-corrected chi connectivity index (χ3v) is 12.8. The van der Waals surface area contributed by atoms with E-state index in [1.165, 1.54) is 0 Å². The van der Waals surface area contributed by atoms with Crippen LogP contribution in [-0.4, -0.2) is 63.7 Å². The van der Waals surface area contributed by atoms with Gasteiger partial charge in [-0.2, -0.15) is 26.0 Å². The SMILES string of the molecule is CC[N+](CC)(CC)OS(=O)(=O)CCC[n+]1c(/C=C2\Sc3ccc(Cl)cc3N2CCCS(=O)(=O)O)sc2c3ccccc3ccc21. The van der Waals surface area contributed by atoms with Crippen molar-refractivity contribution in [2.75, 3.05) is 42.6 Å². The average molecular weight is 712 g/mol. The molecule has 5 rings (SSSR count). The molecule has 0 bridgehead atoms. The molecule has 0 spiro atoms. The number of fused-ring (bicyclic) bond motifs is 4. The van der Waals surface area contributed by atoms with E-state index in [2.05, 4.69) is 34.9 Å². The number of halogens is 1. The number of nitrogens with zero attached hydrogens (tertiary/aromatic N) is 3. The van der Waals surface area contributed by atoms with Crippen molar-refractivity contribution >= 4 is 87.7 Å². The minimum atomic E-state index is -4.10. The highest BCUT2D eigenvalue weighted by Gasteiger charge is 2.33. The zero-order valence-corrected chi connectivity index (χ0v) is 29.5. The maximum absolute atomic E-state index is 13.1. The third-order valence-electron chi connectivity index (χ3n) is 8.12. The summed E-state index contributed by atoms with van der Waals surface area (Å²) in [5, 5.41) is 4.62. The van der Waals surface area contributed by atoms with E-state index in [-0.39, 0.29) is 22.6 Å². The average Bonchev–Trinajstić information content (AvgIpc) is 3.52. The van der Waals surface area contributed by atoms with E-state index in [0.29, 0.717) is 44.2 Å². The number of hydrogen-bond acceptors (Lipinski definition) is 8. The lowest BCUT2D eigenvalue weighted by molar-refractivity contribution is -1.08. The van der Waals surface area contributed by atoms with E-state index in [1.54, 1.807) is 23.1 Å². The Bertz CT molecular complexity index is 1950. The molecule has 0 saturated heterocycles. The summed E-state index contributed by atoms with van der Waals surface area (Å²) in [7, 11) is -7.87. The summed E-state index contributed by atoms with van der Waals surface area (Å²) in [6, 6.07) is 18.0. The summed E-state index contributed by atoms with van der Waals surface area (Å²) >= 11 is 9.54. The molecule has 2 heterocycles. The molecular formula is C31H38ClN3O6S4+2. The third kappa shape index (κ3) is 7.84. The van der Waals surface area contributed by atoms with E-state index in [9.17, 15) is 21.4 Å². The molecule has 0 aliphatic carbocycles. The largest absolute Gasteiger partial charge is 0.335 e. The zero-order valence-electron chi connectivity index (χ0n) is 25.5. The molecule has 0 unspecified atom stereocenters. The highest BCUT2D eigenvalue weighted by Crippen LogP contribution is 2.48. The van der Waals surface area contributed by atoms with Crippen molar-refractivity contribution in [2.45, 2.75) is 45.1 Å². The second-order valence-corrected chi connectivity index (χ2v) is 16.7. The Morgan fingerprint density at radius 2 is 1.71 bits per heavy atom. The molecule has 1 aliphatic heterocycles. The Hall–Kier alpha value is -2.23. The number of quaternary nitrogens is 1. The number of hydroxylamine groups is 3. The van der Waals surface area contributed by atoms with Gasteiger partial charge in [0.25, 0.3) is 15.1 Å². The van der Waals surface area contributed by atoms with Gasteiger partial charge >= 0.3 is 10.1 Å². The number of hydrogen-bond donors (Lipinski definition) is 1. The molecule has 9 nitrogen and oxygen atoms in total. The lowest BCUT2D eigenvalue weighted by Gasteiger charge is -2.30. The molecule has 14 heteroatoms. The molecule has 242 valence electrons. The highest BCUT2D eigenvalue weighted by molar-refractivity contribution is 8.04. The molecule has 1 aliphatic rings. The Balaban J connectivity index is 1.52. The van der Waals surface area contributed by atoms with Crippen LogP contribution in [-0.2, 0) is 31.1 Å². The number of aryl methyl sites for hydroxylation is 1.